The van der Waals surface area contributed by atoms with Crippen molar-refractivity contribution in [2.75, 3.05) is 13.1 Å². The second-order valence-corrected chi connectivity index (χ2v) is 10.2. The number of likely N-dealkylation sites (tertiary alicyclic amines) is 1. The Balaban J connectivity index is 1.52. The third-order valence-electron chi connectivity index (χ3n) is 5.17. The van der Waals surface area contributed by atoms with Gasteiger partial charge in [0.05, 0.1) is 16.6 Å². The van der Waals surface area contributed by atoms with Gasteiger partial charge in [-0.15, -0.1) is 0 Å². The number of aromatic nitrogens is 1. The number of hydrogen-bond donors (Lipinski definition) is 0. The number of rotatable bonds is 6. The second-order valence-electron chi connectivity index (χ2n) is 7.73. The molecule has 1 aromatic heterocycles. The van der Waals surface area contributed by atoms with Crippen molar-refractivity contribution in [3.8, 4) is 5.88 Å². The Morgan fingerprint density at radius 2 is 1.79 bits per heavy atom. The number of amides is 1. The molecule has 0 unspecified atom stereocenters. The number of nitrogens with zero attached hydrogens (tertiary/aromatic N) is 2. The van der Waals surface area contributed by atoms with E-state index in [1.165, 1.54) is 0 Å². The van der Waals surface area contributed by atoms with Crippen LogP contribution in [0.15, 0.2) is 47.4 Å². The predicted molar refractivity (Wildman–Crippen MR) is 112 cm³/mol. The van der Waals surface area contributed by atoms with Crippen molar-refractivity contribution in [3.63, 3.8) is 0 Å². The molecule has 1 aliphatic rings. The van der Waals surface area contributed by atoms with Gasteiger partial charge in [0.25, 0.3) is 0 Å². The summed E-state index contributed by atoms with van der Waals surface area (Å²) >= 11 is 0. The van der Waals surface area contributed by atoms with Gasteiger partial charge in [-0.2, -0.15) is 0 Å². The summed E-state index contributed by atoms with van der Waals surface area (Å²) in [4.78, 5) is 19.1. The highest BCUT2D eigenvalue weighted by Crippen LogP contribution is 2.20. The Hall–Kier alpha value is -2.41. The lowest BCUT2D eigenvalue weighted by atomic mass is 10.1. The number of carbonyl (C=O) groups excluding carboxylic acids is 1. The molecule has 1 fully saturated rings. The third-order valence-corrected chi connectivity index (χ3v) is 7.34. The SMILES string of the molecule is Cc1cccc(OC2CCN(C(=O)Cc3ccc(S(=O)(=O)C(C)C)cc3)CC2)n1. The second kappa shape index (κ2) is 8.95. The van der Waals surface area contributed by atoms with E-state index < -0.39 is 15.1 Å². The summed E-state index contributed by atoms with van der Waals surface area (Å²) in [6.07, 6.45) is 1.88. The maximum atomic E-state index is 12.6. The minimum absolute atomic E-state index is 0.0524. The van der Waals surface area contributed by atoms with Gasteiger partial charge in [0.2, 0.25) is 11.8 Å². The number of aryl methyl sites for hydroxylation is 1. The van der Waals surface area contributed by atoms with Crippen LogP contribution in [0.3, 0.4) is 0 Å². The molecule has 1 amide bonds. The van der Waals surface area contributed by atoms with E-state index in [4.69, 9.17) is 4.74 Å². The summed E-state index contributed by atoms with van der Waals surface area (Å²) in [5, 5.41) is -0.464. The lowest BCUT2D eigenvalue weighted by Crippen LogP contribution is -2.42. The van der Waals surface area contributed by atoms with Crippen LogP contribution in [-0.2, 0) is 21.1 Å². The van der Waals surface area contributed by atoms with Crippen LogP contribution in [0.5, 0.6) is 5.88 Å². The summed E-state index contributed by atoms with van der Waals surface area (Å²) in [7, 11) is -3.29. The molecule has 1 aliphatic heterocycles. The number of piperidine rings is 1. The fourth-order valence-electron chi connectivity index (χ4n) is 3.33. The molecule has 1 saturated heterocycles. The molecule has 2 heterocycles. The van der Waals surface area contributed by atoms with E-state index in [2.05, 4.69) is 4.98 Å². The van der Waals surface area contributed by atoms with Crippen molar-refractivity contribution in [2.45, 2.75) is 56.3 Å². The van der Waals surface area contributed by atoms with Crippen LogP contribution in [-0.4, -0.2) is 48.7 Å². The van der Waals surface area contributed by atoms with E-state index >= 15 is 0 Å². The molecule has 0 radical (unpaired) electrons. The van der Waals surface area contributed by atoms with Gasteiger partial charge in [-0.05, 0) is 44.5 Å². The Morgan fingerprint density at radius 3 is 2.38 bits per heavy atom. The van der Waals surface area contributed by atoms with Crippen molar-refractivity contribution in [1.29, 1.82) is 0 Å². The van der Waals surface area contributed by atoms with Gasteiger partial charge < -0.3 is 9.64 Å². The van der Waals surface area contributed by atoms with Gasteiger partial charge in [0.15, 0.2) is 9.84 Å². The standard InChI is InChI=1S/C22H28N2O4S/c1-16(2)29(26,27)20-9-7-18(8-10-20)15-22(25)24-13-11-19(12-14-24)28-21-6-4-5-17(3)23-21/h4-10,16,19H,11-15H2,1-3H3. The Kier molecular flexibility index (Phi) is 6.57. The summed E-state index contributed by atoms with van der Waals surface area (Å²) < 4.78 is 30.3. The number of pyridine rings is 1. The first-order valence-electron chi connectivity index (χ1n) is 9.96. The van der Waals surface area contributed by atoms with Crippen LogP contribution in [0.4, 0.5) is 0 Å². The third kappa shape index (κ3) is 5.35. The molecule has 1 aromatic carbocycles. The number of carbonyl (C=O) groups is 1. The van der Waals surface area contributed by atoms with Gasteiger partial charge >= 0.3 is 0 Å². The van der Waals surface area contributed by atoms with Crippen LogP contribution in [0.25, 0.3) is 0 Å². The van der Waals surface area contributed by atoms with Crippen molar-refractivity contribution < 1.29 is 17.9 Å². The molecule has 0 aliphatic carbocycles. The molecule has 0 N–H and O–H groups in total. The van der Waals surface area contributed by atoms with Crippen LogP contribution >= 0.6 is 0 Å². The molecule has 0 atom stereocenters. The van der Waals surface area contributed by atoms with Crippen molar-refractivity contribution >= 4 is 15.7 Å². The zero-order valence-corrected chi connectivity index (χ0v) is 18.0. The molecule has 29 heavy (non-hydrogen) atoms. The van der Waals surface area contributed by atoms with Crippen molar-refractivity contribution in [2.24, 2.45) is 0 Å². The highest BCUT2D eigenvalue weighted by Gasteiger charge is 2.24. The van der Waals surface area contributed by atoms with E-state index in [9.17, 15) is 13.2 Å². The quantitative estimate of drug-likeness (QED) is 0.723. The largest absolute Gasteiger partial charge is 0.474 e. The number of sulfone groups is 1. The highest BCUT2D eigenvalue weighted by molar-refractivity contribution is 7.92. The Labute approximate surface area is 172 Å². The fraction of sp³-hybridized carbons (Fsp3) is 0.455. The van der Waals surface area contributed by atoms with Gasteiger partial charge in [-0.25, -0.2) is 13.4 Å². The Morgan fingerprint density at radius 1 is 1.14 bits per heavy atom. The van der Waals surface area contributed by atoms with Gasteiger partial charge in [-0.3, -0.25) is 4.79 Å². The summed E-state index contributed by atoms with van der Waals surface area (Å²) in [5.41, 5.74) is 1.74. The summed E-state index contributed by atoms with van der Waals surface area (Å²) in [6, 6.07) is 12.3. The molecule has 7 heteroatoms. The van der Waals surface area contributed by atoms with Crippen LogP contribution in [0.1, 0.15) is 37.9 Å². The molecule has 156 valence electrons. The lowest BCUT2D eigenvalue weighted by molar-refractivity contribution is -0.132. The first kappa shape index (κ1) is 21.3. The molecule has 3 rings (SSSR count). The molecule has 0 saturated carbocycles. The van der Waals surface area contributed by atoms with E-state index in [0.29, 0.717) is 23.9 Å². The minimum atomic E-state index is -3.29. The number of benzene rings is 1. The van der Waals surface area contributed by atoms with Crippen LogP contribution in [0.2, 0.25) is 0 Å². The average molecular weight is 417 g/mol. The van der Waals surface area contributed by atoms with Crippen molar-refractivity contribution in [1.82, 2.24) is 9.88 Å². The van der Waals surface area contributed by atoms with Crippen molar-refractivity contribution in [3.05, 3.63) is 53.7 Å². The predicted octanol–water partition coefficient (Wildman–Crippen LogP) is 3.18. The maximum absolute atomic E-state index is 12.6. The first-order valence-corrected chi connectivity index (χ1v) is 11.5. The number of hydrogen-bond acceptors (Lipinski definition) is 5. The van der Waals surface area contributed by atoms with Crippen LogP contribution in [0, 0.1) is 6.92 Å². The molecule has 0 spiro atoms. The fourth-order valence-corrected chi connectivity index (χ4v) is 4.39. The highest BCUT2D eigenvalue weighted by atomic mass is 32.2. The first-order chi connectivity index (χ1) is 13.8. The zero-order valence-electron chi connectivity index (χ0n) is 17.2. The summed E-state index contributed by atoms with van der Waals surface area (Å²) in [6.45, 7) is 6.55. The molecular weight excluding hydrogens is 388 g/mol. The molecular formula is C22H28N2O4S. The lowest BCUT2D eigenvalue weighted by Gasteiger charge is -2.32. The van der Waals surface area contributed by atoms with E-state index in [1.807, 2.05) is 30.0 Å². The molecule has 6 nitrogen and oxygen atoms in total. The topological polar surface area (TPSA) is 76.6 Å². The Bertz CT molecular complexity index is 947. The summed E-state index contributed by atoms with van der Waals surface area (Å²) in [5.74, 6) is 0.683. The number of ether oxygens (including phenoxy) is 1. The monoisotopic (exact) mass is 416 g/mol. The van der Waals surface area contributed by atoms with E-state index in [1.54, 1.807) is 38.1 Å². The smallest absolute Gasteiger partial charge is 0.226 e. The zero-order chi connectivity index (χ0) is 21.0. The minimum Gasteiger partial charge on any atom is -0.474 e. The van der Waals surface area contributed by atoms with Crippen LogP contribution < -0.4 is 4.74 Å². The molecule has 0 bridgehead atoms. The van der Waals surface area contributed by atoms with Gasteiger partial charge in [-0.1, -0.05) is 18.2 Å². The maximum Gasteiger partial charge on any atom is 0.226 e. The average Bonchev–Trinajstić information content (AvgIpc) is 2.69. The normalized spacial score (nSPS) is 15.5. The van der Waals surface area contributed by atoms with Gasteiger partial charge in [0, 0.05) is 37.7 Å². The van der Waals surface area contributed by atoms with Gasteiger partial charge in [0.1, 0.15) is 6.10 Å². The van der Waals surface area contributed by atoms with E-state index in [0.717, 1.165) is 24.1 Å². The molecule has 2 aromatic rings. The van der Waals surface area contributed by atoms with E-state index in [-0.39, 0.29) is 18.4 Å².